The molecule has 1 saturated carbocycles. The van der Waals surface area contributed by atoms with Crippen molar-refractivity contribution in [3.05, 3.63) is 59.2 Å². The zero-order valence-corrected chi connectivity index (χ0v) is 18.8. The molecule has 0 atom stereocenters. The zero-order chi connectivity index (χ0) is 22.7. The lowest BCUT2D eigenvalue weighted by molar-refractivity contribution is 0.0705. The van der Waals surface area contributed by atoms with E-state index in [0.717, 1.165) is 29.9 Å². The zero-order valence-electron chi connectivity index (χ0n) is 18.8. The average Bonchev–Trinajstić information content (AvgIpc) is 2.84. The second-order valence-electron chi connectivity index (χ2n) is 8.22. The molecule has 0 radical (unpaired) electrons. The van der Waals surface area contributed by atoms with E-state index in [2.05, 4.69) is 24.3 Å². The van der Waals surface area contributed by atoms with Crippen molar-refractivity contribution in [1.82, 2.24) is 0 Å². The number of aliphatic hydroxyl groups is 3. The summed E-state index contributed by atoms with van der Waals surface area (Å²) in [4.78, 5) is 0. The largest absolute Gasteiger partial charge is 0.491 e. The molecule has 1 aliphatic rings. The molecule has 0 saturated heterocycles. The smallest absolute Gasteiger partial charge is 0.122 e. The van der Waals surface area contributed by atoms with Crippen LogP contribution >= 0.6 is 0 Å². The average molecular weight is 445 g/mol. The Morgan fingerprint density at radius 2 is 1.41 bits per heavy atom. The van der Waals surface area contributed by atoms with Gasteiger partial charge in [0.1, 0.15) is 24.7 Å². The van der Waals surface area contributed by atoms with Crippen molar-refractivity contribution >= 4 is 0 Å². The van der Waals surface area contributed by atoms with Crippen LogP contribution in [0.2, 0.25) is 0 Å². The molecule has 0 unspecified atom stereocenters. The lowest BCUT2D eigenvalue weighted by Crippen LogP contribution is -2.30. The Bertz CT molecular complexity index is 798. The summed E-state index contributed by atoms with van der Waals surface area (Å²) in [6, 6.07) is 14.7. The van der Waals surface area contributed by atoms with Gasteiger partial charge in [0.15, 0.2) is 0 Å². The Kier molecular flexibility index (Phi) is 9.81. The first-order valence-corrected chi connectivity index (χ1v) is 11.6. The van der Waals surface area contributed by atoms with Crippen LogP contribution in [0.5, 0.6) is 11.5 Å². The third-order valence-corrected chi connectivity index (χ3v) is 6.19. The molecule has 0 spiro atoms. The summed E-state index contributed by atoms with van der Waals surface area (Å²) in [5, 5.41) is 27.4. The van der Waals surface area contributed by atoms with Crippen LogP contribution in [0.25, 0.3) is 0 Å². The molecule has 2 aromatic carbocycles. The normalized spacial score (nSPS) is 15.5. The number of hydrogen-bond acceptors (Lipinski definition) is 6. The fourth-order valence-electron chi connectivity index (χ4n) is 4.64. The van der Waals surface area contributed by atoms with E-state index in [4.69, 9.17) is 24.4 Å². The van der Waals surface area contributed by atoms with Gasteiger partial charge in [0.05, 0.1) is 26.4 Å². The summed E-state index contributed by atoms with van der Waals surface area (Å²) in [6.45, 7) is 1.51. The van der Waals surface area contributed by atoms with Gasteiger partial charge in [0.25, 0.3) is 0 Å². The molecule has 0 amide bonds. The minimum Gasteiger partial charge on any atom is -0.491 e. The topological polar surface area (TPSA) is 88.4 Å². The van der Waals surface area contributed by atoms with Crippen molar-refractivity contribution in [2.75, 3.05) is 46.2 Å². The van der Waals surface area contributed by atoms with E-state index in [1.54, 1.807) is 0 Å². The highest BCUT2D eigenvalue weighted by molar-refractivity contribution is 5.47. The quantitative estimate of drug-likeness (QED) is 0.411. The third kappa shape index (κ3) is 6.23. The molecule has 2 aromatic rings. The van der Waals surface area contributed by atoms with Crippen LogP contribution in [-0.2, 0) is 16.6 Å². The standard InChI is InChI=1S/C26H36O6/c27-13-10-21-20-23(6-9-25(21)32-17-15-29)26(11-2-1-3-12-26)22-4-7-24(8-5-22)31-19-18-30-16-14-28/h4-9,20,27-29H,1-3,10-19H2. The minimum absolute atomic E-state index is 0.0192. The predicted octanol–water partition coefficient (Wildman–Crippen LogP) is 3.23. The van der Waals surface area contributed by atoms with Crippen molar-refractivity contribution < 1.29 is 29.5 Å². The Balaban J connectivity index is 1.83. The van der Waals surface area contributed by atoms with E-state index in [0.29, 0.717) is 26.2 Å². The van der Waals surface area contributed by atoms with Gasteiger partial charge in [-0.15, -0.1) is 0 Å². The third-order valence-electron chi connectivity index (χ3n) is 6.19. The van der Waals surface area contributed by atoms with Gasteiger partial charge in [0.2, 0.25) is 0 Å². The van der Waals surface area contributed by atoms with Crippen LogP contribution in [0, 0.1) is 0 Å². The maximum atomic E-state index is 9.56. The molecule has 0 bridgehead atoms. The fourth-order valence-corrected chi connectivity index (χ4v) is 4.64. The van der Waals surface area contributed by atoms with Gasteiger partial charge in [0, 0.05) is 12.0 Å². The first-order valence-electron chi connectivity index (χ1n) is 11.6. The van der Waals surface area contributed by atoms with Crippen molar-refractivity contribution in [2.24, 2.45) is 0 Å². The van der Waals surface area contributed by atoms with Gasteiger partial charge >= 0.3 is 0 Å². The summed E-state index contributed by atoms with van der Waals surface area (Å²) in [5.74, 6) is 1.54. The highest BCUT2D eigenvalue weighted by atomic mass is 16.5. The van der Waals surface area contributed by atoms with Gasteiger partial charge in [-0.2, -0.15) is 0 Å². The van der Waals surface area contributed by atoms with Crippen molar-refractivity contribution in [1.29, 1.82) is 0 Å². The molecule has 3 N–H and O–H groups in total. The highest BCUT2D eigenvalue weighted by Crippen LogP contribution is 2.46. The molecule has 6 nitrogen and oxygen atoms in total. The SMILES string of the molecule is OCCOCCOc1ccc(C2(c3ccc(OCCO)c(CCO)c3)CCCCC2)cc1. The number of aliphatic hydroxyl groups excluding tert-OH is 3. The highest BCUT2D eigenvalue weighted by Gasteiger charge is 2.36. The van der Waals surface area contributed by atoms with Crippen molar-refractivity contribution in [3.8, 4) is 11.5 Å². The molecule has 176 valence electrons. The van der Waals surface area contributed by atoms with Gasteiger partial charge in [-0.05, 0) is 54.2 Å². The molecule has 0 aromatic heterocycles. The minimum atomic E-state index is -0.0687. The van der Waals surface area contributed by atoms with Crippen molar-refractivity contribution in [2.45, 2.75) is 43.9 Å². The molecule has 32 heavy (non-hydrogen) atoms. The molecule has 6 heteroatoms. The Hall–Kier alpha value is -2.12. The van der Waals surface area contributed by atoms with Crippen LogP contribution in [0.15, 0.2) is 42.5 Å². The Morgan fingerprint density at radius 3 is 2.09 bits per heavy atom. The van der Waals surface area contributed by atoms with Gasteiger partial charge in [-0.1, -0.05) is 43.5 Å². The number of benzene rings is 2. The first kappa shape index (κ1) is 24.5. The number of rotatable bonds is 13. The van der Waals surface area contributed by atoms with Gasteiger partial charge in [-0.25, -0.2) is 0 Å². The molecule has 1 fully saturated rings. The molecule has 3 rings (SSSR count). The second kappa shape index (κ2) is 12.8. The lowest BCUT2D eigenvalue weighted by atomic mass is 9.65. The lowest BCUT2D eigenvalue weighted by Gasteiger charge is -2.39. The summed E-state index contributed by atoms with van der Waals surface area (Å²) in [6.07, 6.45) is 6.29. The Labute approximate surface area is 190 Å². The Morgan fingerprint density at radius 1 is 0.688 bits per heavy atom. The van der Waals surface area contributed by atoms with Crippen LogP contribution in [0.3, 0.4) is 0 Å². The van der Waals surface area contributed by atoms with E-state index in [1.807, 2.05) is 18.2 Å². The van der Waals surface area contributed by atoms with E-state index in [1.165, 1.54) is 30.4 Å². The van der Waals surface area contributed by atoms with E-state index < -0.39 is 0 Å². The van der Waals surface area contributed by atoms with Crippen LogP contribution in [0.1, 0.15) is 48.8 Å². The molecule has 0 heterocycles. The summed E-state index contributed by atoms with van der Waals surface area (Å²) in [5.41, 5.74) is 3.44. The maximum Gasteiger partial charge on any atom is 0.122 e. The van der Waals surface area contributed by atoms with Crippen molar-refractivity contribution in [3.63, 3.8) is 0 Å². The summed E-state index contributed by atoms with van der Waals surface area (Å²) in [7, 11) is 0. The second-order valence-corrected chi connectivity index (χ2v) is 8.22. The van der Waals surface area contributed by atoms with E-state index in [-0.39, 0.29) is 31.8 Å². The number of ether oxygens (including phenoxy) is 3. The number of hydrogen-bond donors (Lipinski definition) is 3. The van der Waals surface area contributed by atoms with Crippen LogP contribution in [-0.4, -0.2) is 61.6 Å². The van der Waals surface area contributed by atoms with Gasteiger partial charge < -0.3 is 29.5 Å². The van der Waals surface area contributed by atoms with E-state index in [9.17, 15) is 5.11 Å². The molecule has 0 aliphatic heterocycles. The summed E-state index contributed by atoms with van der Waals surface area (Å²) < 4.78 is 16.7. The van der Waals surface area contributed by atoms with Gasteiger partial charge in [-0.3, -0.25) is 0 Å². The molecule has 1 aliphatic carbocycles. The predicted molar refractivity (Wildman–Crippen MR) is 124 cm³/mol. The monoisotopic (exact) mass is 444 g/mol. The summed E-state index contributed by atoms with van der Waals surface area (Å²) >= 11 is 0. The van der Waals surface area contributed by atoms with Crippen LogP contribution < -0.4 is 9.47 Å². The maximum absolute atomic E-state index is 9.56. The molecular weight excluding hydrogens is 408 g/mol. The van der Waals surface area contributed by atoms with Crippen LogP contribution in [0.4, 0.5) is 0 Å². The van der Waals surface area contributed by atoms with E-state index >= 15 is 0 Å². The fraction of sp³-hybridized carbons (Fsp3) is 0.538. The first-order chi connectivity index (χ1) is 15.7. The molecular formula is C26H36O6.